The summed E-state index contributed by atoms with van der Waals surface area (Å²) in [6.07, 6.45) is 1.87. The van der Waals surface area contributed by atoms with Crippen molar-refractivity contribution in [2.45, 2.75) is 31.8 Å². The first-order valence-corrected chi connectivity index (χ1v) is 12.9. The number of hydrogen-bond donors (Lipinski definition) is 2. The maximum Gasteiger partial charge on any atom is 0.228 e. The Morgan fingerprint density at radius 1 is 0.974 bits per heavy atom. The van der Waals surface area contributed by atoms with Crippen LogP contribution < -0.4 is 15.6 Å². The van der Waals surface area contributed by atoms with Crippen LogP contribution in [0.5, 0.6) is 0 Å². The minimum absolute atomic E-state index is 0.0432. The van der Waals surface area contributed by atoms with Crippen LogP contribution in [0.15, 0.2) is 77.9 Å². The first kappa shape index (κ1) is 24.1. The van der Waals surface area contributed by atoms with Crippen LogP contribution in [0.2, 0.25) is 0 Å². The van der Waals surface area contributed by atoms with Crippen molar-refractivity contribution in [3.8, 4) is 0 Å². The van der Waals surface area contributed by atoms with Gasteiger partial charge < -0.3 is 20.2 Å². The van der Waals surface area contributed by atoms with Gasteiger partial charge in [0.2, 0.25) is 11.9 Å². The van der Waals surface area contributed by atoms with Gasteiger partial charge in [-0.05, 0) is 60.4 Å². The second-order valence-corrected chi connectivity index (χ2v) is 9.87. The van der Waals surface area contributed by atoms with Gasteiger partial charge in [0.05, 0.1) is 23.6 Å². The molecule has 0 radical (unpaired) electrons. The Hall–Kier alpha value is -4.27. The normalized spacial score (nSPS) is 17.9. The Morgan fingerprint density at radius 2 is 1.74 bits per heavy atom. The lowest BCUT2D eigenvalue weighted by Crippen LogP contribution is -2.43. The maximum absolute atomic E-state index is 13.9. The molecule has 3 heterocycles. The SMILES string of the molecule is O=C(NC1=NN[C@H](c2cccc(F)c2)C1)C1CCN(c2nc3ccccc3n2Cc2cccc(F)c2)CC1. The molecule has 3 aromatic carbocycles. The molecule has 1 atom stereocenters. The molecule has 0 aliphatic carbocycles. The predicted molar refractivity (Wildman–Crippen MR) is 143 cm³/mol. The minimum Gasteiger partial charge on any atom is -0.342 e. The zero-order valence-electron chi connectivity index (χ0n) is 20.8. The van der Waals surface area contributed by atoms with Crippen LogP contribution in [0, 0.1) is 17.6 Å². The zero-order valence-corrected chi connectivity index (χ0v) is 20.8. The van der Waals surface area contributed by atoms with Crippen LogP contribution in [-0.2, 0) is 11.3 Å². The van der Waals surface area contributed by atoms with E-state index in [1.165, 1.54) is 18.2 Å². The molecule has 1 aromatic heterocycles. The van der Waals surface area contributed by atoms with Crippen LogP contribution >= 0.6 is 0 Å². The summed E-state index contributed by atoms with van der Waals surface area (Å²) in [5, 5.41) is 7.23. The highest BCUT2D eigenvalue weighted by Gasteiger charge is 2.30. The summed E-state index contributed by atoms with van der Waals surface area (Å²) in [5.41, 5.74) is 6.54. The van der Waals surface area contributed by atoms with Crippen molar-refractivity contribution in [3.63, 3.8) is 0 Å². The maximum atomic E-state index is 13.9. The number of imidazole rings is 1. The van der Waals surface area contributed by atoms with Crippen molar-refractivity contribution in [3.05, 3.63) is 95.6 Å². The zero-order chi connectivity index (χ0) is 26.1. The van der Waals surface area contributed by atoms with E-state index in [9.17, 15) is 13.6 Å². The number of hydrazone groups is 1. The topological polar surface area (TPSA) is 74.6 Å². The Kier molecular flexibility index (Phi) is 6.49. The number of carbonyl (C=O) groups excluding carboxylic acids is 1. The van der Waals surface area contributed by atoms with Crippen molar-refractivity contribution in [1.82, 2.24) is 20.3 Å². The van der Waals surface area contributed by atoms with Gasteiger partial charge in [-0.3, -0.25) is 4.79 Å². The number of piperidine rings is 1. The van der Waals surface area contributed by atoms with E-state index in [-0.39, 0.29) is 29.5 Å². The van der Waals surface area contributed by atoms with Crippen LogP contribution in [0.25, 0.3) is 11.0 Å². The largest absolute Gasteiger partial charge is 0.342 e. The number of halogens is 2. The number of fused-ring (bicyclic) bond motifs is 1. The average molecular weight is 515 g/mol. The third-order valence-corrected chi connectivity index (χ3v) is 7.28. The minimum atomic E-state index is -0.294. The molecule has 0 saturated carbocycles. The molecule has 2 aliphatic heterocycles. The molecule has 2 N–H and O–H groups in total. The second kappa shape index (κ2) is 10.2. The molecule has 1 saturated heterocycles. The summed E-state index contributed by atoms with van der Waals surface area (Å²) in [6.45, 7) is 1.87. The van der Waals surface area contributed by atoms with Gasteiger partial charge in [-0.25, -0.2) is 13.8 Å². The van der Waals surface area contributed by atoms with E-state index in [1.54, 1.807) is 18.2 Å². The lowest BCUT2D eigenvalue weighted by molar-refractivity contribution is -0.124. The van der Waals surface area contributed by atoms with E-state index >= 15 is 0 Å². The summed E-state index contributed by atoms with van der Waals surface area (Å²) < 4.78 is 29.5. The average Bonchev–Trinajstić information content (AvgIpc) is 3.54. The van der Waals surface area contributed by atoms with E-state index in [0.29, 0.717) is 44.7 Å². The van der Waals surface area contributed by atoms with Gasteiger partial charge in [0.25, 0.3) is 0 Å². The molecule has 2 aliphatic rings. The van der Waals surface area contributed by atoms with Gasteiger partial charge in [-0.2, -0.15) is 5.10 Å². The number of carbonyl (C=O) groups is 1. The van der Waals surface area contributed by atoms with E-state index in [1.807, 2.05) is 36.4 Å². The number of amides is 1. The number of rotatable bonds is 5. The number of amidine groups is 1. The molecule has 1 fully saturated rings. The smallest absolute Gasteiger partial charge is 0.228 e. The van der Waals surface area contributed by atoms with Crippen molar-refractivity contribution >= 4 is 28.7 Å². The quantitative estimate of drug-likeness (QED) is 0.403. The van der Waals surface area contributed by atoms with Gasteiger partial charge in [0.15, 0.2) is 0 Å². The summed E-state index contributed by atoms with van der Waals surface area (Å²) in [6, 6.07) is 20.8. The molecule has 9 heteroatoms. The molecular weight excluding hydrogens is 486 g/mol. The van der Waals surface area contributed by atoms with E-state index < -0.39 is 0 Å². The van der Waals surface area contributed by atoms with E-state index in [4.69, 9.17) is 4.98 Å². The standard InChI is InChI=1S/C29H28F2N6O/c30-22-7-3-5-19(15-22)18-37-26-10-2-1-9-24(26)32-29(37)36-13-11-20(12-14-36)28(38)33-27-17-25(34-35-27)21-6-4-8-23(31)16-21/h1-10,15-16,20,25,34H,11-14,17-18H2,(H,33,35,38)/t25-/m0/s1. The monoisotopic (exact) mass is 514 g/mol. The van der Waals surface area contributed by atoms with Crippen molar-refractivity contribution in [2.75, 3.05) is 18.0 Å². The van der Waals surface area contributed by atoms with E-state index in [2.05, 4.69) is 25.3 Å². The molecule has 194 valence electrons. The highest BCUT2D eigenvalue weighted by molar-refractivity contribution is 6.00. The third-order valence-electron chi connectivity index (χ3n) is 7.28. The summed E-state index contributed by atoms with van der Waals surface area (Å²) in [7, 11) is 0. The molecule has 0 unspecified atom stereocenters. The number of nitrogens with one attached hydrogen (secondary N) is 2. The molecule has 0 spiro atoms. The number of benzene rings is 3. The van der Waals surface area contributed by atoms with Crippen molar-refractivity contribution < 1.29 is 13.6 Å². The first-order chi connectivity index (χ1) is 18.5. The predicted octanol–water partition coefficient (Wildman–Crippen LogP) is 4.74. The molecule has 7 nitrogen and oxygen atoms in total. The number of aromatic nitrogens is 2. The van der Waals surface area contributed by atoms with Crippen LogP contribution in [0.3, 0.4) is 0 Å². The second-order valence-electron chi connectivity index (χ2n) is 9.87. The number of hydrogen-bond acceptors (Lipinski definition) is 5. The van der Waals surface area contributed by atoms with Gasteiger partial charge >= 0.3 is 0 Å². The number of anilines is 1. The Labute approximate surface area is 219 Å². The van der Waals surface area contributed by atoms with Gasteiger partial charge in [0.1, 0.15) is 17.5 Å². The summed E-state index contributed by atoms with van der Waals surface area (Å²) in [5.74, 6) is 0.671. The molecule has 1 amide bonds. The fourth-order valence-electron chi connectivity index (χ4n) is 5.30. The lowest BCUT2D eigenvalue weighted by atomic mass is 9.96. The summed E-state index contributed by atoms with van der Waals surface area (Å²) in [4.78, 5) is 20.1. The molecule has 38 heavy (non-hydrogen) atoms. The lowest BCUT2D eigenvalue weighted by Gasteiger charge is -2.32. The molecular formula is C29H28F2N6O. The van der Waals surface area contributed by atoms with Crippen LogP contribution in [0.1, 0.15) is 36.4 Å². The number of para-hydroxylation sites is 2. The highest BCUT2D eigenvalue weighted by Crippen LogP contribution is 2.28. The first-order valence-electron chi connectivity index (χ1n) is 12.9. The van der Waals surface area contributed by atoms with Gasteiger partial charge in [-0.1, -0.05) is 36.4 Å². The highest BCUT2D eigenvalue weighted by atomic mass is 19.1. The Balaban J connectivity index is 1.11. The Morgan fingerprint density at radius 3 is 2.53 bits per heavy atom. The van der Waals surface area contributed by atoms with E-state index in [0.717, 1.165) is 28.1 Å². The van der Waals surface area contributed by atoms with Crippen molar-refractivity contribution in [2.24, 2.45) is 11.0 Å². The summed E-state index contributed by atoms with van der Waals surface area (Å²) >= 11 is 0. The Bertz CT molecular complexity index is 1510. The number of nitrogens with zero attached hydrogens (tertiary/aromatic N) is 4. The third kappa shape index (κ3) is 4.96. The van der Waals surface area contributed by atoms with Gasteiger partial charge in [-0.15, -0.1) is 0 Å². The van der Waals surface area contributed by atoms with Crippen LogP contribution in [0.4, 0.5) is 14.7 Å². The van der Waals surface area contributed by atoms with Crippen molar-refractivity contribution in [1.29, 1.82) is 0 Å². The fraction of sp³-hybridized carbons (Fsp3) is 0.276. The van der Waals surface area contributed by atoms with Crippen LogP contribution in [-0.4, -0.2) is 34.4 Å². The van der Waals surface area contributed by atoms with Gasteiger partial charge in [0, 0.05) is 25.4 Å². The molecule has 4 aromatic rings. The molecule has 0 bridgehead atoms. The molecule has 6 rings (SSSR count). The fourth-order valence-corrected chi connectivity index (χ4v) is 5.30.